The van der Waals surface area contributed by atoms with E-state index in [1.54, 1.807) is 36.4 Å². The van der Waals surface area contributed by atoms with Crippen molar-refractivity contribution in [3.8, 4) is 5.75 Å². The van der Waals surface area contributed by atoms with Crippen molar-refractivity contribution >= 4 is 27.8 Å². The average Bonchev–Trinajstić information content (AvgIpc) is 2.78. The minimum absolute atomic E-state index is 0.114. The molecule has 0 aliphatic rings. The Kier molecular flexibility index (Phi) is 8.07. The fraction of sp³-hybridized carbons (Fsp3) is 0.231. The number of anilines is 1. The molecule has 0 radical (unpaired) electrons. The predicted octanol–water partition coefficient (Wildman–Crippen LogP) is 4.36. The quantitative estimate of drug-likeness (QED) is 0.365. The summed E-state index contributed by atoms with van der Waals surface area (Å²) >= 11 is 0. The second kappa shape index (κ2) is 11.0. The third kappa shape index (κ3) is 6.45. The van der Waals surface area contributed by atoms with E-state index in [1.807, 2.05) is 58.0 Å². The number of rotatable bonds is 9. The SMILES string of the molecule is CCOc1ccc(/C=N\NC(=O)CN(c2cc(C)cc(C)c2)S(=O)(=O)c2ccc(C)cc2)cc1. The number of ether oxygens (including phenoxy) is 1. The minimum Gasteiger partial charge on any atom is -0.494 e. The van der Waals surface area contributed by atoms with Gasteiger partial charge in [0, 0.05) is 0 Å². The molecule has 1 amide bonds. The van der Waals surface area contributed by atoms with E-state index in [1.165, 1.54) is 6.21 Å². The van der Waals surface area contributed by atoms with E-state index in [9.17, 15) is 13.2 Å². The number of aryl methyl sites for hydroxylation is 3. The van der Waals surface area contributed by atoms with Crippen molar-refractivity contribution in [1.29, 1.82) is 0 Å². The Bertz CT molecular complexity index is 1250. The molecule has 0 aliphatic carbocycles. The van der Waals surface area contributed by atoms with Gasteiger partial charge in [-0.05, 0) is 92.9 Å². The number of hydrogen-bond donors (Lipinski definition) is 1. The molecule has 0 saturated heterocycles. The zero-order valence-corrected chi connectivity index (χ0v) is 20.6. The standard InChI is InChI=1S/C26H29N3O4S/c1-5-33-24-10-8-22(9-11-24)17-27-28-26(30)18-29(23-15-20(3)14-21(4)16-23)34(31,32)25-12-6-19(2)7-13-25/h6-17H,5,18H2,1-4H3,(H,28,30)/b27-17-. The molecule has 0 bridgehead atoms. The Morgan fingerprint density at radius 3 is 2.15 bits per heavy atom. The molecule has 34 heavy (non-hydrogen) atoms. The maximum Gasteiger partial charge on any atom is 0.264 e. The first kappa shape index (κ1) is 25.0. The number of carbonyl (C=O) groups is 1. The molecule has 0 spiro atoms. The van der Waals surface area contributed by atoms with Gasteiger partial charge in [0.05, 0.1) is 23.4 Å². The zero-order valence-electron chi connectivity index (χ0n) is 19.8. The van der Waals surface area contributed by atoms with Gasteiger partial charge in [-0.2, -0.15) is 5.10 Å². The highest BCUT2D eigenvalue weighted by Crippen LogP contribution is 2.26. The molecule has 0 aliphatic heterocycles. The molecule has 8 heteroatoms. The van der Waals surface area contributed by atoms with Crippen molar-refractivity contribution in [3.05, 3.63) is 89.0 Å². The summed E-state index contributed by atoms with van der Waals surface area (Å²) in [6, 6.07) is 19.2. The van der Waals surface area contributed by atoms with E-state index in [4.69, 9.17) is 4.74 Å². The van der Waals surface area contributed by atoms with E-state index < -0.39 is 22.5 Å². The smallest absolute Gasteiger partial charge is 0.264 e. The lowest BCUT2D eigenvalue weighted by atomic mass is 10.1. The number of nitrogens with one attached hydrogen (secondary N) is 1. The van der Waals surface area contributed by atoms with E-state index in [2.05, 4.69) is 10.5 Å². The van der Waals surface area contributed by atoms with Gasteiger partial charge in [0.2, 0.25) is 0 Å². The summed E-state index contributed by atoms with van der Waals surface area (Å²) in [5.41, 5.74) is 6.35. The lowest BCUT2D eigenvalue weighted by molar-refractivity contribution is -0.119. The lowest BCUT2D eigenvalue weighted by Crippen LogP contribution is -2.39. The Morgan fingerprint density at radius 1 is 0.941 bits per heavy atom. The van der Waals surface area contributed by atoms with Crippen molar-refractivity contribution in [3.63, 3.8) is 0 Å². The molecule has 3 aromatic carbocycles. The van der Waals surface area contributed by atoms with Crippen LogP contribution < -0.4 is 14.5 Å². The lowest BCUT2D eigenvalue weighted by Gasteiger charge is -2.24. The fourth-order valence-corrected chi connectivity index (χ4v) is 4.81. The Morgan fingerprint density at radius 2 is 1.56 bits per heavy atom. The van der Waals surface area contributed by atoms with E-state index in [0.717, 1.165) is 32.3 Å². The number of benzene rings is 3. The summed E-state index contributed by atoms with van der Waals surface area (Å²) in [6.45, 7) is 7.72. The van der Waals surface area contributed by atoms with Gasteiger partial charge in [0.15, 0.2) is 0 Å². The number of amides is 1. The van der Waals surface area contributed by atoms with E-state index >= 15 is 0 Å². The van der Waals surface area contributed by atoms with Crippen molar-refractivity contribution in [2.24, 2.45) is 5.10 Å². The van der Waals surface area contributed by atoms with Crippen LogP contribution in [0.4, 0.5) is 5.69 Å². The van der Waals surface area contributed by atoms with Gasteiger partial charge in [-0.1, -0.05) is 23.8 Å². The second-order valence-electron chi connectivity index (χ2n) is 7.97. The highest BCUT2D eigenvalue weighted by molar-refractivity contribution is 7.92. The second-order valence-corrected chi connectivity index (χ2v) is 9.83. The third-order valence-electron chi connectivity index (χ3n) is 4.98. The highest BCUT2D eigenvalue weighted by atomic mass is 32.2. The van der Waals surface area contributed by atoms with Crippen LogP contribution in [-0.2, 0) is 14.8 Å². The number of sulfonamides is 1. The van der Waals surface area contributed by atoms with Gasteiger partial charge >= 0.3 is 0 Å². The molecule has 0 saturated carbocycles. The maximum absolute atomic E-state index is 13.5. The molecule has 0 fully saturated rings. The third-order valence-corrected chi connectivity index (χ3v) is 6.77. The summed E-state index contributed by atoms with van der Waals surface area (Å²) in [7, 11) is -3.98. The largest absolute Gasteiger partial charge is 0.494 e. The summed E-state index contributed by atoms with van der Waals surface area (Å²) < 4.78 is 33.5. The van der Waals surface area contributed by atoms with Crippen LogP contribution in [0.25, 0.3) is 0 Å². The van der Waals surface area contributed by atoms with Gasteiger partial charge in [-0.15, -0.1) is 0 Å². The first-order chi connectivity index (χ1) is 16.2. The van der Waals surface area contributed by atoms with Crippen LogP contribution in [0.1, 0.15) is 29.2 Å². The molecule has 0 aromatic heterocycles. The summed E-state index contributed by atoms with van der Waals surface area (Å²) in [5, 5.41) is 3.98. The van der Waals surface area contributed by atoms with Crippen molar-refractivity contribution < 1.29 is 17.9 Å². The topological polar surface area (TPSA) is 88.1 Å². The predicted molar refractivity (Wildman–Crippen MR) is 135 cm³/mol. The Labute approximate surface area is 201 Å². The fourth-order valence-electron chi connectivity index (χ4n) is 3.41. The first-order valence-electron chi connectivity index (χ1n) is 10.9. The Balaban J connectivity index is 1.82. The average molecular weight is 480 g/mol. The van der Waals surface area contributed by atoms with Crippen LogP contribution >= 0.6 is 0 Å². The molecule has 7 nitrogen and oxygen atoms in total. The number of nitrogens with zero attached hydrogens (tertiary/aromatic N) is 2. The maximum atomic E-state index is 13.5. The van der Waals surface area contributed by atoms with Crippen LogP contribution in [0.5, 0.6) is 5.75 Å². The molecule has 3 rings (SSSR count). The van der Waals surface area contributed by atoms with Crippen molar-refractivity contribution in [1.82, 2.24) is 5.43 Å². The molecular formula is C26H29N3O4S. The number of hydrogen-bond acceptors (Lipinski definition) is 5. The monoisotopic (exact) mass is 479 g/mol. The number of carbonyl (C=O) groups excluding carboxylic acids is 1. The van der Waals surface area contributed by atoms with Crippen LogP contribution in [0, 0.1) is 20.8 Å². The molecule has 178 valence electrons. The van der Waals surface area contributed by atoms with Crippen LogP contribution in [-0.4, -0.2) is 33.7 Å². The van der Waals surface area contributed by atoms with Gasteiger partial charge in [-0.25, -0.2) is 13.8 Å². The van der Waals surface area contributed by atoms with E-state index in [-0.39, 0.29) is 4.90 Å². The van der Waals surface area contributed by atoms with Gasteiger partial charge in [0.1, 0.15) is 12.3 Å². The zero-order chi connectivity index (χ0) is 24.7. The van der Waals surface area contributed by atoms with E-state index in [0.29, 0.717) is 12.3 Å². The summed E-state index contributed by atoms with van der Waals surface area (Å²) in [4.78, 5) is 12.8. The molecular weight excluding hydrogens is 450 g/mol. The summed E-state index contributed by atoms with van der Waals surface area (Å²) in [6.07, 6.45) is 1.49. The molecule has 3 aromatic rings. The van der Waals surface area contributed by atoms with Crippen LogP contribution in [0.15, 0.2) is 76.7 Å². The number of hydrazone groups is 1. The summed E-state index contributed by atoms with van der Waals surface area (Å²) in [5.74, 6) is 0.186. The van der Waals surface area contributed by atoms with Gasteiger partial charge in [-0.3, -0.25) is 9.10 Å². The Hall–Kier alpha value is -3.65. The highest BCUT2D eigenvalue weighted by Gasteiger charge is 2.27. The molecule has 1 N–H and O–H groups in total. The molecule has 0 atom stereocenters. The van der Waals surface area contributed by atoms with Crippen molar-refractivity contribution in [2.75, 3.05) is 17.5 Å². The minimum atomic E-state index is -3.98. The van der Waals surface area contributed by atoms with Gasteiger partial charge < -0.3 is 4.74 Å². The van der Waals surface area contributed by atoms with Crippen LogP contribution in [0.2, 0.25) is 0 Å². The normalized spacial score (nSPS) is 11.4. The first-order valence-corrected chi connectivity index (χ1v) is 12.4. The van der Waals surface area contributed by atoms with Crippen molar-refractivity contribution in [2.45, 2.75) is 32.6 Å². The van der Waals surface area contributed by atoms with Gasteiger partial charge in [0.25, 0.3) is 15.9 Å². The molecule has 0 heterocycles. The molecule has 0 unspecified atom stereocenters. The van der Waals surface area contributed by atoms with Crippen LogP contribution in [0.3, 0.4) is 0 Å².